The van der Waals surface area contributed by atoms with E-state index in [1.807, 2.05) is 30.3 Å². The van der Waals surface area contributed by atoms with Crippen molar-refractivity contribution in [2.75, 3.05) is 18.6 Å². The number of ether oxygens (including phenoxy) is 2. The van der Waals surface area contributed by atoms with Gasteiger partial charge in [-0.25, -0.2) is 5.43 Å². The second-order valence-corrected chi connectivity index (χ2v) is 5.01. The lowest BCUT2D eigenvalue weighted by molar-refractivity contribution is -0.183. The van der Waals surface area contributed by atoms with Gasteiger partial charge in [-0.2, -0.15) is 0 Å². The van der Waals surface area contributed by atoms with E-state index in [1.54, 1.807) is 0 Å². The number of rotatable bonds is 5. The van der Waals surface area contributed by atoms with Crippen molar-refractivity contribution in [1.29, 1.82) is 0 Å². The van der Waals surface area contributed by atoms with Crippen LogP contribution in [0, 0.1) is 0 Å². The maximum atomic E-state index is 5.59. The Bertz CT molecular complexity index is 536. The van der Waals surface area contributed by atoms with Crippen LogP contribution in [-0.4, -0.2) is 13.2 Å². The first kappa shape index (κ1) is 14.1. The Morgan fingerprint density at radius 1 is 0.905 bits per heavy atom. The van der Waals surface area contributed by atoms with Crippen molar-refractivity contribution in [3.8, 4) is 0 Å². The van der Waals surface area contributed by atoms with Gasteiger partial charge in [-0.3, -0.25) is 0 Å². The van der Waals surface area contributed by atoms with Gasteiger partial charge in [0.1, 0.15) is 0 Å². The molecule has 0 bridgehead atoms. The topological polar surface area (TPSA) is 42.5 Å². The minimum Gasteiger partial charge on any atom is -0.348 e. The zero-order valence-corrected chi connectivity index (χ0v) is 11.9. The summed E-state index contributed by atoms with van der Waals surface area (Å²) in [5.41, 5.74) is 9.71. The molecule has 1 saturated heterocycles. The van der Waals surface area contributed by atoms with Gasteiger partial charge in [0, 0.05) is 17.8 Å². The quantitative estimate of drug-likeness (QED) is 0.827. The average molecular weight is 284 g/mol. The Labute approximate surface area is 125 Å². The molecule has 0 atom stereocenters. The van der Waals surface area contributed by atoms with Crippen molar-refractivity contribution in [1.82, 2.24) is 5.43 Å². The smallest absolute Gasteiger partial charge is 0.183 e. The molecule has 0 saturated carbocycles. The molecule has 21 heavy (non-hydrogen) atoms. The van der Waals surface area contributed by atoms with E-state index in [0.29, 0.717) is 0 Å². The van der Waals surface area contributed by atoms with Crippen LogP contribution in [0.1, 0.15) is 23.8 Å². The fourth-order valence-corrected chi connectivity index (χ4v) is 2.24. The lowest BCUT2D eigenvalue weighted by Crippen LogP contribution is -2.21. The van der Waals surface area contributed by atoms with Crippen LogP contribution < -0.4 is 10.9 Å². The molecule has 0 aromatic heterocycles. The predicted molar refractivity (Wildman–Crippen MR) is 82.6 cm³/mol. The first-order valence-corrected chi connectivity index (χ1v) is 7.28. The number of para-hydroxylation sites is 1. The van der Waals surface area contributed by atoms with Crippen LogP contribution in [0.5, 0.6) is 0 Å². The molecule has 4 nitrogen and oxygen atoms in total. The third-order valence-electron chi connectivity index (χ3n) is 3.38. The Hall–Kier alpha value is -1.88. The van der Waals surface area contributed by atoms with Crippen LogP contribution in [0.3, 0.4) is 0 Å². The Balaban J connectivity index is 1.50. The van der Waals surface area contributed by atoms with Gasteiger partial charge in [0.25, 0.3) is 0 Å². The molecule has 110 valence electrons. The number of benzene rings is 2. The first-order chi connectivity index (χ1) is 10.4. The van der Waals surface area contributed by atoms with Gasteiger partial charge in [-0.05, 0) is 24.1 Å². The van der Waals surface area contributed by atoms with E-state index in [4.69, 9.17) is 9.47 Å². The molecular formula is C17H20N2O2. The van der Waals surface area contributed by atoms with Crippen molar-refractivity contribution in [2.45, 2.75) is 19.3 Å². The molecule has 0 unspecified atom stereocenters. The Morgan fingerprint density at radius 2 is 1.62 bits per heavy atom. The highest BCUT2D eigenvalue weighted by molar-refractivity contribution is 5.41. The zero-order valence-electron chi connectivity index (χ0n) is 11.9. The summed E-state index contributed by atoms with van der Waals surface area (Å²) in [5, 5.41) is 0. The molecular weight excluding hydrogens is 264 g/mol. The normalized spacial score (nSPS) is 15.8. The second kappa shape index (κ2) is 7.22. The summed E-state index contributed by atoms with van der Waals surface area (Å²) in [7, 11) is 0. The summed E-state index contributed by atoms with van der Waals surface area (Å²) < 4.78 is 11.2. The predicted octanol–water partition coefficient (Wildman–Crippen LogP) is 3.24. The highest BCUT2D eigenvalue weighted by Crippen LogP contribution is 2.22. The van der Waals surface area contributed by atoms with Gasteiger partial charge in [-0.1, -0.05) is 42.5 Å². The van der Waals surface area contributed by atoms with Crippen molar-refractivity contribution >= 4 is 5.69 Å². The molecule has 4 heteroatoms. The van der Waals surface area contributed by atoms with Gasteiger partial charge in [0.15, 0.2) is 6.29 Å². The van der Waals surface area contributed by atoms with Gasteiger partial charge >= 0.3 is 0 Å². The largest absolute Gasteiger partial charge is 0.348 e. The maximum absolute atomic E-state index is 5.59. The summed E-state index contributed by atoms with van der Waals surface area (Å²) in [6, 6.07) is 18.4. The molecule has 0 radical (unpaired) electrons. The minimum atomic E-state index is -0.205. The summed E-state index contributed by atoms with van der Waals surface area (Å²) in [5.74, 6) is 0. The van der Waals surface area contributed by atoms with Gasteiger partial charge in [-0.15, -0.1) is 0 Å². The number of anilines is 1. The Kier molecular flexibility index (Phi) is 4.84. The highest BCUT2D eigenvalue weighted by Gasteiger charge is 2.15. The highest BCUT2D eigenvalue weighted by atomic mass is 16.7. The molecule has 2 aromatic carbocycles. The molecule has 0 spiro atoms. The van der Waals surface area contributed by atoms with Crippen LogP contribution in [0.25, 0.3) is 0 Å². The number of hydrogen-bond acceptors (Lipinski definition) is 4. The van der Waals surface area contributed by atoms with Gasteiger partial charge in [0.05, 0.1) is 13.2 Å². The molecule has 1 aliphatic rings. The monoisotopic (exact) mass is 284 g/mol. The average Bonchev–Trinajstić information content (AvgIpc) is 2.57. The molecule has 1 heterocycles. The van der Waals surface area contributed by atoms with Crippen molar-refractivity contribution < 1.29 is 9.47 Å². The van der Waals surface area contributed by atoms with E-state index < -0.39 is 0 Å². The second-order valence-electron chi connectivity index (χ2n) is 5.01. The van der Waals surface area contributed by atoms with E-state index in [1.165, 1.54) is 5.56 Å². The van der Waals surface area contributed by atoms with E-state index in [0.717, 1.165) is 37.4 Å². The standard InChI is InChI=1S/C17H20N2O2/c1-2-5-16(6-3-1)19-18-13-14-7-9-15(10-8-14)17-20-11-4-12-21-17/h1-3,5-10,17-19H,4,11-13H2. The van der Waals surface area contributed by atoms with E-state index in [-0.39, 0.29) is 6.29 Å². The number of hydrogen-bond donors (Lipinski definition) is 2. The van der Waals surface area contributed by atoms with E-state index in [9.17, 15) is 0 Å². The lowest BCUT2D eigenvalue weighted by atomic mass is 10.1. The summed E-state index contributed by atoms with van der Waals surface area (Å²) >= 11 is 0. The minimum absolute atomic E-state index is 0.205. The summed E-state index contributed by atoms with van der Waals surface area (Å²) in [4.78, 5) is 0. The van der Waals surface area contributed by atoms with Gasteiger partial charge in [0.2, 0.25) is 0 Å². The first-order valence-electron chi connectivity index (χ1n) is 7.28. The van der Waals surface area contributed by atoms with Crippen LogP contribution in [-0.2, 0) is 16.0 Å². The summed E-state index contributed by atoms with van der Waals surface area (Å²) in [6.45, 7) is 2.30. The fraction of sp³-hybridized carbons (Fsp3) is 0.294. The van der Waals surface area contributed by atoms with Crippen LogP contribution in [0.2, 0.25) is 0 Å². The van der Waals surface area contributed by atoms with Crippen LogP contribution >= 0.6 is 0 Å². The molecule has 3 rings (SSSR count). The number of hydrazine groups is 1. The third-order valence-corrected chi connectivity index (χ3v) is 3.38. The zero-order chi connectivity index (χ0) is 14.3. The SMILES string of the molecule is c1ccc(NNCc2ccc(C3OCCCO3)cc2)cc1. The van der Waals surface area contributed by atoms with E-state index >= 15 is 0 Å². The Morgan fingerprint density at radius 3 is 2.33 bits per heavy atom. The van der Waals surface area contributed by atoms with Crippen LogP contribution in [0.4, 0.5) is 5.69 Å². The molecule has 0 amide bonds. The third kappa shape index (κ3) is 4.04. The summed E-state index contributed by atoms with van der Waals surface area (Å²) in [6.07, 6.45) is 0.770. The molecule has 2 N–H and O–H groups in total. The fourth-order valence-electron chi connectivity index (χ4n) is 2.24. The van der Waals surface area contributed by atoms with Crippen molar-refractivity contribution in [3.05, 3.63) is 65.7 Å². The van der Waals surface area contributed by atoms with Crippen molar-refractivity contribution in [3.63, 3.8) is 0 Å². The molecule has 1 aliphatic heterocycles. The molecule has 0 aliphatic carbocycles. The lowest BCUT2D eigenvalue weighted by Gasteiger charge is -2.23. The molecule has 2 aromatic rings. The van der Waals surface area contributed by atoms with E-state index in [2.05, 4.69) is 35.1 Å². The van der Waals surface area contributed by atoms with Gasteiger partial charge < -0.3 is 14.9 Å². The van der Waals surface area contributed by atoms with Crippen LogP contribution in [0.15, 0.2) is 54.6 Å². The molecule has 1 fully saturated rings. The number of nitrogens with one attached hydrogen (secondary N) is 2. The van der Waals surface area contributed by atoms with Crippen molar-refractivity contribution in [2.24, 2.45) is 0 Å². The maximum Gasteiger partial charge on any atom is 0.183 e.